The third-order valence-corrected chi connectivity index (χ3v) is 3.41. The van der Waals surface area contributed by atoms with Gasteiger partial charge in [-0.3, -0.25) is 5.10 Å². The molecule has 2 N–H and O–H groups in total. The van der Waals surface area contributed by atoms with Gasteiger partial charge in [0, 0.05) is 16.8 Å². The van der Waals surface area contributed by atoms with Gasteiger partial charge < -0.3 is 10.1 Å². The molecule has 2 rings (SSSR count). The van der Waals surface area contributed by atoms with Crippen LogP contribution in [0.15, 0.2) is 29.0 Å². The molecule has 0 spiro atoms. The van der Waals surface area contributed by atoms with Gasteiger partial charge in [0.05, 0.1) is 29.5 Å². The molecule has 1 unspecified atom stereocenters. The molecule has 0 saturated heterocycles. The summed E-state index contributed by atoms with van der Waals surface area (Å²) in [6, 6.07) is 3.73. The van der Waals surface area contributed by atoms with Gasteiger partial charge in [-0.1, -0.05) is 11.6 Å². The Kier molecular flexibility index (Phi) is 4.14. The van der Waals surface area contributed by atoms with E-state index in [9.17, 15) is 0 Å². The molecule has 0 bridgehead atoms. The molecule has 1 aromatic carbocycles. The number of nitrogens with zero attached hydrogens (tertiary/aromatic N) is 1. The lowest BCUT2D eigenvalue weighted by Gasteiger charge is -2.17. The van der Waals surface area contributed by atoms with Gasteiger partial charge in [-0.25, -0.2) is 0 Å². The second-order valence-corrected chi connectivity index (χ2v) is 5.16. The minimum atomic E-state index is 0.100. The molecule has 1 aromatic heterocycles. The van der Waals surface area contributed by atoms with Crippen LogP contribution in [-0.2, 0) is 0 Å². The average molecular weight is 331 g/mol. The number of nitrogens with one attached hydrogen (secondary N) is 2. The van der Waals surface area contributed by atoms with E-state index in [-0.39, 0.29) is 6.04 Å². The van der Waals surface area contributed by atoms with Crippen LogP contribution in [0.3, 0.4) is 0 Å². The second-order valence-electron chi connectivity index (χ2n) is 3.87. The van der Waals surface area contributed by atoms with Crippen molar-refractivity contribution in [2.24, 2.45) is 0 Å². The molecule has 0 aliphatic heterocycles. The Morgan fingerprint density at radius 2 is 2.28 bits per heavy atom. The third-order valence-electron chi connectivity index (χ3n) is 2.60. The number of aromatic amines is 1. The first-order chi connectivity index (χ1) is 8.61. The van der Waals surface area contributed by atoms with Crippen molar-refractivity contribution < 1.29 is 4.74 Å². The van der Waals surface area contributed by atoms with Gasteiger partial charge >= 0.3 is 0 Å². The van der Waals surface area contributed by atoms with Crippen molar-refractivity contribution in [1.82, 2.24) is 10.2 Å². The molecule has 0 fully saturated rings. The lowest BCUT2D eigenvalue weighted by Crippen LogP contribution is -2.07. The van der Waals surface area contributed by atoms with Crippen molar-refractivity contribution in [2.75, 3.05) is 12.4 Å². The molecular formula is C12H13BrClN3O. The van der Waals surface area contributed by atoms with Crippen LogP contribution < -0.4 is 10.1 Å². The summed E-state index contributed by atoms with van der Waals surface area (Å²) >= 11 is 9.47. The molecular weight excluding hydrogens is 318 g/mol. The Balaban J connectivity index is 2.28. The van der Waals surface area contributed by atoms with Crippen LogP contribution in [0, 0.1) is 0 Å². The first kappa shape index (κ1) is 13.2. The van der Waals surface area contributed by atoms with Crippen LogP contribution in [0.2, 0.25) is 5.02 Å². The fourth-order valence-electron chi connectivity index (χ4n) is 1.69. The number of anilines is 1. The molecule has 0 radical (unpaired) electrons. The molecule has 0 saturated carbocycles. The maximum Gasteiger partial charge on any atom is 0.156 e. The monoisotopic (exact) mass is 329 g/mol. The number of aromatic nitrogens is 2. The van der Waals surface area contributed by atoms with Gasteiger partial charge in [-0.05, 0) is 35.0 Å². The maximum absolute atomic E-state index is 6.04. The standard InChI is InChI=1S/C12H13BrClN3O/c1-7(8-5-15-16-6-8)17-11-4-9(14)3-10(13)12(11)18-2/h3-7,17H,1-2H3,(H,15,16). The zero-order valence-electron chi connectivity index (χ0n) is 10.00. The predicted octanol–water partition coefficient (Wildman–Crippen LogP) is 4.01. The summed E-state index contributed by atoms with van der Waals surface area (Å²) < 4.78 is 6.18. The average Bonchev–Trinajstić information content (AvgIpc) is 2.81. The van der Waals surface area contributed by atoms with Crippen molar-refractivity contribution in [3.05, 3.63) is 39.6 Å². The summed E-state index contributed by atoms with van der Waals surface area (Å²) in [6.07, 6.45) is 3.63. The fraction of sp³-hybridized carbons (Fsp3) is 0.250. The normalized spacial score (nSPS) is 12.2. The van der Waals surface area contributed by atoms with Crippen LogP contribution in [0.4, 0.5) is 5.69 Å². The van der Waals surface area contributed by atoms with Crippen molar-refractivity contribution in [2.45, 2.75) is 13.0 Å². The van der Waals surface area contributed by atoms with Crippen LogP contribution in [0.25, 0.3) is 0 Å². The van der Waals surface area contributed by atoms with Gasteiger partial charge in [0.1, 0.15) is 0 Å². The number of halogens is 2. The lowest BCUT2D eigenvalue weighted by molar-refractivity contribution is 0.413. The number of rotatable bonds is 4. The Bertz CT molecular complexity index is 530. The second kappa shape index (κ2) is 5.63. The van der Waals surface area contributed by atoms with Crippen molar-refractivity contribution in [1.29, 1.82) is 0 Å². The summed E-state index contributed by atoms with van der Waals surface area (Å²) in [7, 11) is 1.63. The lowest BCUT2D eigenvalue weighted by atomic mass is 10.1. The van der Waals surface area contributed by atoms with Crippen LogP contribution in [-0.4, -0.2) is 17.3 Å². The van der Waals surface area contributed by atoms with E-state index in [0.717, 1.165) is 21.5 Å². The Morgan fingerprint density at radius 1 is 1.50 bits per heavy atom. The number of ether oxygens (including phenoxy) is 1. The van der Waals surface area contributed by atoms with E-state index in [1.54, 1.807) is 19.4 Å². The Morgan fingerprint density at radius 3 is 2.89 bits per heavy atom. The smallest absolute Gasteiger partial charge is 0.156 e. The number of hydrogen-bond acceptors (Lipinski definition) is 3. The highest BCUT2D eigenvalue weighted by atomic mass is 79.9. The number of hydrogen-bond donors (Lipinski definition) is 2. The zero-order chi connectivity index (χ0) is 13.1. The molecule has 6 heteroatoms. The highest BCUT2D eigenvalue weighted by molar-refractivity contribution is 9.10. The van der Waals surface area contributed by atoms with Gasteiger partial charge in [0.2, 0.25) is 0 Å². The number of H-pyrrole nitrogens is 1. The SMILES string of the molecule is COc1c(Br)cc(Cl)cc1NC(C)c1cn[nH]c1. The van der Waals surface area contributed by atoms with E-state index < -0.39 is 0 Å². The summed E-state index contributed by atoms with van der Waals surface area (Å²) in [5, 5.41) is 10.7. The molecule has 0 aliphatic carbocycles. The summed E-state index contributed by atoms with van der Waals surface area (Å²) in [4.78, 5) is 0. The Hall–Kier alpha value is -1.20. The van der Waals surface area contributed by atoms with Gasteiger partial charge in [0.25, 0.3) is 0 Å². The molecule has 1 atom stereocenters. The first-order valence-corrected chi connectivity index (χ1v) is 6.57. The minimum Gasteiger partial charge on any atom is -0.493 e. The van der Waals surface area contributed by atoms with E-state index in [4.69, 9.17) is 16.3 Å². The molecule has 0 aliphatic rings. The minimum absolute atomic E-state index is 0.100. The molecule has 18 heavy (non-hydrogen) atoms. The van der Waals surface area contributed by atoms with E-state index >= 15 is 0 Å². The molecule has 0 amide bonds. The van der Waals surface area contributed by atoms with Crippen molar-refractivity contribution in [3.8, 4) is 5.75 Å². The molecule has 1 heterocycles. The number of benzene rings is 1. The van der Waals surface area contributed by atoms with Crippen LogP contribution in [0.1, 0.15) is 18.5 Å². The van der Waals surface area contributed by atoms with Crippen molar-refractivity contribution >= 4 is 33.2 Å². The highest BCUT2D eigenvalue weighted by Crippen LogP contribution is 2.37. The topological polar surface area (TPSA) is 49.9 Å². The fourth-order valence-corrected chi connectivity index (χ4v) is 2.66. The van der Waals surface area contributed by atoms with Gasteiger partial charge in [-0.2, -0.15) is 5.10 Å². The summed E-state index contributed by atoms with van der Waals surface area (Å²) in [6.45, 7) is 2.04. The van der Waals surface area contributed by atoms with E-state index in [1.807, 2.05) is 19.2 Å². The van der Waals surface area contributed by atoms with E-state index in [0.29, 0.717) is 5.02 Å². The Labute approximate surface area is 119 Å². The van der Waals surface area contributed by atoms with Crippen LogP contribution in [0.5, 0.6) is 5.75 Å². The van der Waals surface area contributed by atoms with Crippen molar-refractivity contribution in [3.63, 3.8) is 0 Å². The van der Waals surface area contributed by atoms with Gasteiger partial charge in [-0.15, -0.1) is 0 Å². The summed E-state index contributed by atoms with van der Waals surface area (Å²) in [5.74, 6) is 0.731. The number of methoxy groups -OCH3 is 1. The highest BCUT2D eigenvalue weighted by Gasteiger charge is 2.13. The molecule has 4 nitrogen and oxygen atoms in total. The maximum atomic E-state index is 6.04. The molecule has 96 valence electrons. The van der Waals surface area contributed by atoms with Crippen LogP contribution >= 0.6 is 27.5 Å². The largest absolute Gasteiger partial charge is 0.493 e. The first-order valence-electron chi connectivity index (χ1n) is 5.40. The summed E-state index contributed by atoms with van der Waals surface area (Å²) in [5.41, 5.74) is 1.90. The molecule has 2 aromatic rings. The zero-order valence-corrected chi connectivity index (χ0v) is 12.3. The van der Waals surface area contributed by atoms with Gasteiger partial charge in [0.15, 0.2) is 5.75 Å². The van der Waals surface area contributed by atoms with E-state index in [1.165, 1.54) is 0 Å². The van der Waals surface area contributed by atoms with E-state index in [2.05, 4.69) is 31.4 Å². The quantitative estimate of drug-likeness (QED) is 0.890. The predicted molar refractivity (Wildman–Crippen MR) is 76.3 cm³/mol. The third kappa shape index (κ3) is 2.79.